The molecule has 3 nitrogen and oxygen atoms in total. The molecule has 0 bridgehead atoms. The minimum Gasteiger partial charge on any atom is -0.402 e. The molecule has 6 heteroatoms. The van der Waals surface area contributed by atoms with Crippen LogP contribution in [0.4, 0.5) is 0 Å². The molecule has 1 rings (SSSR count). The molecule has 0 unspecified atom stereocenters. The zero-order valence-corrected chi connectivity index (χ0v) is 9.36. The summed E-state index contributed by atoms with van der Waals surface area (Å²) in [6, 6.07) is 10.00. The van der Waals surface area contributed by atoms with E-state index in [1.54, 1.807) is 24.3 Å². The van der Waals surface area contributed by atoms with E-state index in [0.717, 1.165) is 5.02 Å². The molecule has 0 aliphatic heterocycles. The van der Waals surface area contributed by atoms with Crippen molar-refractivity contribution in [3.63, 3.8) is 0 Å². The number of hydrogen-bond donors (Lipinski definition) is 3. The van der Waals surface area contributed by atoms with Gasteiger partial charge in [0.25, 0.3) is 0 Å². The van der Waals surface area contributed by atoms with Gasteiger partial charge in [-0.05, 0) is 0 Å². The van der Waals surface area contributed by atoms with Gasteiger partial charge in [0.15, 0.2) is 0 Å². The van der Waals surface area contributed by atoms with Crippen molar-refractivity contribution in [2.75, 3.05) is 0 Å². The summed E-state index contributed by atoms with van der Waals surface area (Å²) in [7, 11) is -2.17. The third-order valence-corrected chi connectivity index (χ3v) is 0.930. The average molecular weight is 196 g/mol. The van der Waals surface area contributed by atoms with Crippen molar-refractivity contribution < 1.29 is 44.6 Å². The van der Waals surface area contributed by atoms with Crippen LogP contribution in [0.5, 0.6) is 0 Å². The van der Waals surface area contributed by atoms with Crippen LogP contribution in [0.1, 0.15) is 0 Å². The van der Waals surface area contributed by atoms with E-state index in [9.17, 15) is 0 Å². The second kappa shape index (κ2) is 9.54. The molecular weight excluding hydrogens is 189 g/mol. The van der Waals surface area contributed by atoms with E-state index < -0.39 is 7.32 Å². The van der Waals surface area contributed by atoms with E-state index >= 15 is 0 Å². The largest absolute Gasteiger partial charge is 1.00 e. The average Bonchev–Trinajstić information content (AvgIpc) is 1.87. The molecule has 3 N–H and O–H groups in total. The molecule has 0 atom stereocenters. The summed E-state index contributed by atoms with van der Waals surface area (Å²) >= 11 is 5.52. The molecule has 0 spiro atoms. The van der Waals surface area contributed by atoms with Crippen molar-refractivity contribution in [1.82, 2.24) is 0 Å². The second-order valence-corrected chi connectivity index (χ2v) is 2.00. The first-order chi connectivity index (χ1) is 5.13. The summed E-state index contributed by atoms with van der Waals surface area (Å²) < 4.78 is 0. The second-order valence-electron chi connectivity index (χ2n) is 1.56. The van der Waals surface area contributed by atoms with E-state index in [0.29, 0.717) is 0 Å². The molecule has 0 aromatic heterocycles. The molecule has 60 valence electrons. The molecule has 12 heavy (non-hydrogen) atoms. The van der Waals surface area contributed by atoms with Gasteiger partial charge in [-0.15, -0.1) is 11.6 Å². The normalized spacial score (nSPS) is 7.33. The van der Waals surface area contributed by atoms with Gasteiger partial charge in [-0.25, -0.2) is 0 Å². The van der Waals surface area contributed by atoms with Crippen LogP contribution in [0.15, 0.2) is 24.3 Å². The Hall–Kier alpha value is 0.455. The van der Waals surface area contributed by atoms with Gasteiger partial charge >= 0.3 is 36.9 Å². The van der Waals surface area contributed by atoms with Crippen LogP contribution >= 0.6 is 11.6 Å². The Morgan fingerprint density at radius 2 is 1.50 bits per heavy atom. The molecule has 0 heterocycles. The van der Waals surface area contributed by atoms with E-state index in [1.165, 1.54) is 0 Å². The van der Waals surface area contributed by atoms with E-state index in [4.69, 9.17) is 26.7 Å². The molecule has 0 aliphatic carbocycles. The van der Waals surface area contributed by atoms with Crippen molar-refractivity contribution in [2.45, 2.75) is 0 Å². The topological polar surface area (TPSA) is 60.7 Å². The standard InChI is InChI=1S/C6H4Cl.BH3O3.Na/c7-6-4-2-1-3-5-6;2-1(3)4;/h2-5H;2-4H;/q-1;;+1. The first-order valence-electron chi connectivity index (χ1n) is 2.78. The maximum Gasteiger partial charge on any atom is 1.00 e. The predicted octanol–water partition coefficient (Wildman–Crippen LogP) is -2.91. The monoisotopic (exact) mass is 196 g/mol. The summed E-state index contributed by atoms with van der Waals surface area (Å²) in [5.41, 5.74) is 0. The molecule has 0 saturated heterocycles. The van der Waals surface area contributed by atoms with Crippen LogP contribution in [0.2, 0.25) is 5.02 Å². The van der Waals surface area contributed by atoms with Gasteiger partial charge in [0, 0.05) is 0 Å². The predicted molar refractivity (Wildman–Crippen MR) is 42.7 cm³/mol. The summed E-state index contributed by atoms with van der Waals surface area (Å²) in [6.07, 6.45) is 0. The van der Waals surface area contributed by atoms with Crippen LogP contribution in [0.3, 0.4) is 0 Å². The number of benzene rings is 1. The summed E-state index contributed by atoms with van der Waals surface area (Å²) in [6.45, 7) is 0. The molecular formula is C6H7BClNaO3. The van der Waals surface area contributed by atoms with E-state index in [1.807, 2.05) is 0 Å². The van der Waals surface area contributed by atoms with Crippen molar-refractivity contribution >= 4 is 18.9 Å². The van der Waals surface area contributed by atoms with E-state index in [-0.39, 0.29) is 29.6 Å². The smallest absolute Gasteiger partial charge is 0.402 e. The number of hydrogen-bond acceptors (Lipinski definition) is 3. The zero-order valence-electron chi connectivity index (χ0n) is 6.61. The Balaban J connectivity index is 0. The van der Waals surface area contributed by atoms with Crippen LogP contribution in [0, 0.1) is 6.07 Å². The van der Waals surface area contributed by atoms with Gasteiger partial charge in [0.1, 0.15) is 0 Å². The van der Waals surface area contributed by atoms with E-state index in [2.05, 4.69) is 6.07 Å². The minimum atomic E-state index is -2.17. The Morgan fingerprint density at radius 3 is 1.67 bits per heavy atom. The van der Waals surface area contributed by atoms with Gasteiger partial charge in [0.05, 0.1) is 0 Å². The van der Waals surface area contributed by atoms with Crippen molar-refractivity contribution in [1.29, 1.82) is 0 Å². The number of rotatable bonds is 0. The quantitative estimate of drug-likeness (QED) is 0.308. The molecule has 1 aromatic rings. The molecule has 0 saturated carbocycles. The van der Waals surface area contributed by atoms with Gasteiger partial charge < -0.3 is 15.1 Å². The fraction of sp³-hybridized carbons (Fsp3) is 0. The van der Waals surface area contributed by atoms with Gasteiger partial charge in [0.2, 0.25) is 0 Å². The fourth-order valence-electron chi connectivity index (χ4n) is 0.367. The van der Waals surface area contributed by atoms with Gasteiger partial charge in [-0.3, -0.25) is 0 Å². The summed E-state index contributed by atoms with van der Waals surface area (Å²) in [4.78, 5) is 0. The third-order valence-electron chi connectivity index (χ3n) is 0.678. The molecule has 0 fully saturated rings. The maximum absolute atomic E-state index is 7.17. The van der Waals surface area contributed by atoms with Crippen LogP contribution < -0.4 is 29.6 Å². The Labute approximate surface area is 98.5 Å². The SMILES string of the molecule is Clc1cc[c-]cc1.OB(O)O.[Na+]. The Kier molecular flexibility index (Phi) is 11.9. The minimum absolute atomic E-state index is 0. The Bertz CT molecular complexity index is 183. The molecule has 0 radical (unpaired) electrons. The van der Waals surface area contributed by atoms with Crippen LogP contribution in [-0.4, -0.2) is 22.4 Å². The molecule has 0 aliphatic rings. The Morgan fingerprint density at radius 1 is 1.17 bits per heavy atom. The van der Waals surface area contributed by atoms with Crippen molar-refractivity contribution in [3.05, 3.63) is 35.4 Å². The first-order valence-corrected chi connectivity index (χ1v) is 3.16. The molecule has 0 amide bonds. The van der Waals surface area contributed by atoms with Crippen LogP contribution in [-0.2, 0) is 0 Å². The summed E-state index contributed by atoms with van der Waals surface area (Å²) in [5.74, 6) is 0. The molecule has 1 aromatic carbocycles. The third kappa shape index (κ3) is 13.1. The fourth-order valence-corrected chi connectivity index (χ4v) is 0.493. The number of halogens is 1. The first kappa shape index (κ1) is 15.0. The summed E-state index contributed by atoms with van der Waals surface area (Å²) in [5, 5.41) is 22.3. The van der Waals surface area contributed by atoms with Gasteiger partial charge in [-0.1, -0.05) is 5.02 Å². The maximum atomic E-state index is 7.17. The van der Waals surface area contributed by atoms with Crippen LogP contribution in [0.25, 0.3) is 0 Å². The zero-order chi connectivity index (χ0) is 8.69. The van der Waals surface area contributed by atoms with Crippen molar-refractivity contribution in [2.24, 2.45) is 0 Å². The van der Waals surface area contributed by atoms with Gasteiger partial charge in [-0.2, -0.15) is 30.3 Å². The van der Waals surface area contributed by atoms with Crippen molar-refractivity contribution in [3.8, 4) is 0 Å².